The van der Waals surface area contributed by atoms with E-state index in [2.05, 4.69) is 10.5 Å². The number of rotatable bonds is 8. The van der Waals surface area contributed by atoms with E-state index < -0.39 is 11.9 Å². The van der Waals surface area contributed by atoms with Crippen molar-refractivity contribution in [2.45, 2.75) is 6.92 Å². The van der Waals surface area contributed by atoms with Gasteiger partial charge in [0.1, 0.15) is 17.3 Å². The first kappa shape index (κ1) is 21.1. The molecule has 0 fully saturated rings. The van der Waals surface area contributed by atoms with Gasteiger partial charge in [-0.2, -0.15) is 5.10 Å². The Balaban J connectivity index is 1.54. The zero-order valence-corrected chi connectivity index (χ0v) is 16.9. The van der Waals surface area contributed by atoms with Crippen LogP contribution in [0.25, 0.3) is 11.3 Å². The van der Waals surface area contributed by atoms with Crippen molar-refractivity contribution in [1.82, 2.24) is 5.43 Å². The molecule has 1 heterocycles. The van der Waals surface area contributed by atoms with Gasteiger partial charge < -0.3 is 13.9 Å². The second-order valence-corrected chi connectivity index (χ2v) is 6.48. The van der Waals surface area contributed by atoms with Gasteiger partial charge >= 0.3 is 5.97 Å². The summed E-state index contributed by atoms with van der Waals surface area (Å²) in [6, 6.07) is 17.1. The third-order valence-corrected chi connectivity index (χ3v) is 4.10. The van der Waals surface area contributed by atoms with Crippen molar-refractivity contribution in [2.75, 3.05) is 13.2 Å². The first-order valence-electron chi connectivity index (χ1n) is 9.13. The molecule has 0 radical (unpaired) electrons. The zero-order chi connectivity index (χ0) is 21.3. The van der Waals surface area contributed by atoms with E-state index in [9.17, 15) is 9.59 Å². The van der Waals surface area contributed by atoms with Crippen LogP contribution < -0.4 is 10.2 Å². The number of benzene rings is 2. The molecule has 1 aromatic heterocycles. The lowest BCUT2D eigenvalue weighted by Crippen LogP contribution is -2.24. The highest BCUT2D eigenvalue weighted by atomic mass is 35.5. The number of furan rings is 1. The van der Waals surface area contributed by atoms with Crippen LogP contribution in [0, 0.1) is 0 Å². The lowest BCUT2D eigenvalue weighted by atomic mass is 10.1. The molecule has 1 amide bonds. The summed E-state index contributed by atoms with van der Waals surface area (Å²) < 4.78 is 16.0. The van der Waals surface area contributed by atoms with Gasteiger partial charge in [-0.3, -0.25) is 4.79 Å². The minimum Gasteiger partial charge on any atom is -0.484 e. The average molecular weight is 427 g/mol. The molecular weight excluding hydrogens is 408 g/mol. The summed E-state index contributed by atoms with van der Waals surface area (Å²) in [6.07, 6.45) is 1.37. The first-order valence-corrected chi connectivity index (χ1v) is 9.50. The van der Waals surface area contributed by atoms with Gasteiger partial charge in [0.05, 0.1) is 18.4 Å². The first-order chi connectivity index (χ1) is 14.5. The molecule has 30 heavy (non-hydrogen) atoms. The van der Waals surface area contributed by atoms with Gasteiger partial charge in [-0.05, 0) is 55.5 Å². The molecule has 0 spiro atoms. The van der Waals surface area contributed by atoms with Crippen molar-refractivity contribution in [3.8, 4) is 17.1 Å². The molecule has 0 bridgehead atoms. The molecule has 0 atom stereocenters. The number of nitrogens with one attached hydrogen (secondary N) is 1. The fourth-order valence-electron chi connectivity index (χ4n) is 2.47. The highest BCUT2D eigenvalue weighted by Crippen LogP contribution is 2.23. The van der Waals surface area contributed by atoms with Gasteiger partial charge in [-0.25, -0.2) is 10.2 Å². The molecule has 3 aromatic rings. The maximum absolute atomic E-state index is 11.9. The molecule has 8 heteroatoms. The van der Waals surface area contributed by atoms with Crippen molar-refractivity contribution < 1.29 is 23.5 Å². The van der Waals surface area contributed by atoms with Crippen molar-refractivity contribution >= 4 is 29.7 Å². The van der Waals surface area contributed by atoms with Crippen LogP contribution in [0.2, 0.25) is 5.02 Å². The third kappa shape index (κ3) is 5.96. The summed E-state index contributed by atoms with van der Waals surface area (Å²) in [5.74, 6) is 0.705. The van der Waals surface area contributed by atoms with Gasteiger partial charge in [0.2, 0.25) is 0 Å². The van der Waals surface area contributed by atoms with E-state index >= 15 is 0 Å². The van der Waals surface area contributed by atoms with Crippen molar-refractivity contribution in [2.24, 2.45) is 5.10 Å². The second kappa shape index (κ2) is 10.3. The molecule has 1 N–H and O–H groups in total. The lowest BCUT2D eigenvalue weighted by molar-refractivity contribution is -0.123. The average Bonchev–Trinajstić information content (AvgIpc) is 3.23. The van der Waals surface area contributed by atoms with E-state index in [1.807, 2.05) is 6.07 Å². The SMILES string of the molecule is CCOC(=O)c1cccc(-c2ccc(/C=N\NC(=O)COc3ccc(Cl)cc3)o2)c1. The summed E-state index contributed by atoms with van der Waals surface area (Å²) in [4.78, 5) is 23.7. The number of carbonyl (C=O) groups is 2. The quantitative estimate of drug-likeness (QED) is 0.329. The molecule has 0 aliphatic rings. The summed E-state index contributed by atoms with van der Waals surface area (Å²) in [7, 11) is 0. The molecule has 0 aliphatic carbocycles. The monoisotopic (exact) mass is 426 g/mol. The van der Waals surface area contributed by atoms with E-state index in [1.165, 1.54) is 6.21 Å². The van der Waals surface area contributed by atoms with Crippen molar-refractivity contribution in [3.05, 3.63) is 77.0 Å². The van der Waals surface area contributed by atoms with Gasteiger partial charge in [0.25, 0.3) is 5.91 Å². The van der Waals surface area contributed by atoms with Gasteiger partial charge in [0.15, 0.2) is 6.61 Å². The van der Waals surface area contributed by atoms with Crippen molar-refractivity contribution in [1.29, 1.82) is 0 Å². The van der Waals surface area contributed by atoms with Crippen LogP contribution in [-0.4, -0.2) is 31.3 Å². The number of hydrazone groups is 1. The van der Waals surface area contributed by atoms with Crippen LogP contribution in [0.4, 0.5) is 0 Å². The Hall–Kier alpha value is -3.58. The fraction of sp³-hybridized carbons (Fsp3) is 0.136. The molecule has 0 aliphatic heterocycles. The maximum Gasteiger partial charge on any atom is 0.338 e. The number of amides is 1. The Morgan fingerprint density at radius 1 is 1.13 bits per heavy atom. The summed E-state index contributed by atoms with van der Waals surface area (Å²) in [5, 5.41) is 4.44. The van der Waals surface area contributed by atoms with Gasteiger partial charge in [-0.1, -0.05) is 23.7 Å². The highest BCUT2D eigenvalue weighted by molar-refractivity contribution is 6.30. The predicted molar refractivity (Wildman–Crippen MR) is 113 cm³/mol. The predicted octanol–water partition coefficient (Wildman–Crippen LogP) is 4.31. The highest BCUT2D eigenvalue weighted by Gasteiger charge is 2.10. The van der Waals surface area contributed by atoms with Crippen LogP contribution in [-0.2, 0) is 9.53 Å². The topological polar surface area (TPSA) is 90.1 Å². The lowest BCUT2D eigenvalue weighted by Gasteiger charge is -2.04. The summed E-state index contributed by atoms with van der Waals surface area (Å²) in [6.45, 7) is 1.87. The molecular formula is C22H19ClN2O5. The number of ether oxygens (including phenoxy) is 2. The number of carbonyl (C=O) groups excluding carboxylic acids is 2. The zero-order valence-electron chi connectivity index (χ0n) is 16.1. The Kier molecular flexibility index (Phi) is 7.24. The molecule has 0 unspecified atom stereocenters. The number of esters is 1. The van der Waals surface area contributed by atoms with E-state index in [0.29, 0.717) is 34.5 Å². The van der Waals surface area contributed by atoms with E-state index in [0.717, 1.165) is 5.56 Å². The molecule has 0 saturated carbocycles. The summed E-state index contributed by atoms with van der Waals surface area (Å²) in [5.41, 5.74) is 3.52. The normalized spacial score (nSPS) is 10.7. The smallest absolute Gasteiger partial charge is 0.338 e. The minimum absolute atomic E-state index is 0.191. The van der Waals surface area contributed by atoms with Gasteiger partial charge in [-0.15, -0.1) is 0 Å². The third-order valence-electron chi connectivity index (χ3n) is 3.85. The molecule has 0 saturated heterocycles. The molecule has 7 nitrogen and oxygen atoms in total. The van der Waals surface area contributed by atoms with Crippen LogP contribution in [0.1, 0.15) is 23.0 Å². The maximum atomic E-state index is 11.9. The molecule has 3 rings (SSSR count). The largest absolute Gasteiger partial charge is 0.484 e. The standard InChI is InChI=1S/C22H19ClN2O5/c1-2-28-22(27)16-5-3-4-15(12-16)20-11-10-19(30-20)13-24-25-21(26)14-29-18-8-6-17(23)7-9-18/h3-13H,2,14H2,1H3,(H,25,26)/b24-13-. The summed E-state index contributed by atoms with van der Waals surface area (Å²) >= 11 is 5.79. The number of hydrogen-bond donors (Lipinski definition) is 1. The number of hydrogen-bond acceptors (Lipinski definition) is 6. The number of nitrogens with zero attached hydrogens (tertiary/aromatic N) is 1. The Labute approximate surface area is 178 Å². The van der Waals surface area contributed by atoms with Crippen LogP contribution in [0.5, 0.6) is 5.75 Å². The Morgan fingerprint density at radius 3 is 2.70 bits per heavy atom. The number of halogens is 1. The van der Waals surface area contributed by atoms with E-state index in [4.69, 9.17) is 25.5 Å². The van der Waals surface area contributed by atoms with E-state index in [1.54, 1.807) is 61.5 Å². The molecule has 2 aromatic carbocycles. The van der Waals surface area contributed by atoms with Crippen LogP contribution in [0.3, 0.4) is 0 Å². The fourth-order valence-corrected chi connectivity index (χ4v) is 2.60. The Morgan fingerprint density at radius 2 is 1.93 bits per heavy atom. The van der Waals surface area contributed by atoms with Crippen LogP contribution in [0.15, 0.2) is 70.2 Å². The minimum atomic E-state index is -0.421. The van der Waals surface area contributed by atoms with E-state index in [-0.39, 0.29) is 6.61 Å². The van der Waals surface area contributed by atoms with Gasteiger partial charge in [0, 0.05) is 10.6 Å². The second-order valence-electron chi connectivity index (χ2n) is 6.04. The van der Waals surface area contributed by atoms with Crippen molar-refractivity contribution in [3.63, 3.8) is 0 Å². The molecule has 154 valence electrons. The van der Waals surface area contributed by atoms with Crippen LogP contribution >= 0.6 is 11.6 Å². The Bertz CT molecular complexity index is 1040.